The molecule has 3 nitrogen and oxygen atoms in total. The number of hydrogen-bond donors (Lipinski definition) is 2. The zero-order valence-corrected chi connectivity index (χ0v) is 14.1. The molecule has 0 unspecified atom stereocenters. The topological polar surface area (TPSA) is 41.1 Å². The molecule has 0 saturated heterocycles. The third-order valence-electron chi connectivity index (χ3n) is 2.76. The molecule has 0 aliphatic heterocycles. The van der Waals surface area contributed by atoms with Gasteiger partial charge in [-0.3, -0.25) is 4.79 Å². The monoisotopic (exact) mass is 364 g/mol. The van der Waals surface area contributed by atoms with Gasteiger partial charge in [0.15, 0.2) is 0 Å². The van der Waals surface area contributed by atoms with Gasteiger partial charge >= 0.3 is 0 Å². The molecule has 2 N–H and O–H groups in total. The summed E-state index contributed by atoms with van der Waals surface area (Å²) in [7, 11) is 1.92. The van der Waals surface area contributed by atoms with Crippen LogP contribution in [0.15, 0.2) is 57.9 Å². The lowest BCUT2D eigenvalue weighted by Gasteiger charge is -2.07. The Kier molecular flexibility index (Phi) is 6.29. The van der Waals surface area contributed by atoms with Gasteiger partial charge in [0.25, 0.3) is 0 Å². The Balaban J connectivity index is 1.87. The predicted octanol–water partition coefficient (Wildman–Crippen LogP) is 3.90. The average molecular weight is 365 g/mol. The zero-order chi connectivity index (χ0) is 15.1. The molecule has 2 aromatic carbocycles. The first-order chi connectivity index (χ1) is 10.2. The second-order valence-corrected chi connectivity index (χ2v) is 6.49. The highest BCUT2D eigenvalue weighted by Gasteiger charge is 2.04. The van der Waals surface area contributed by atoms with E-state index in [1.54, 1.807) is 11.8 Å². The van der Waals surface area contributed by atoms with Crippen molar-refractivity contribution in [2.45, 2.75) is 11.4 Å². The molecular weight excluding hydrogens is 348 g/mol. The first-order valence-corrected chi connectivity index (χ1v) is 8.37. The summed E-state index contributed by atoms with van der Waals surface area (Å²) in [6, 6.07) is 15.8. The lowest BCUT2D eigenvalue weighted by atomic mass is 10.2. The number of thioether (sulfide) groups is 1. The maximum atomic E-state index is 11.9. The minimum absolute atomic E-state index is 0.00267. The Morgan fingerprint density at radius 1 is 1.19 bits per heavy atom. The Hall–Kier alpha value is -1.30. The summed E-state index contributed by atoms with van der Waals surface area (Å²) in [5.41, 5.74) is 2.02. The molecule has 2 aromatic rings. The lowest BCUT2D eigenvalue weighted by molar-refractivity contribution is -0.113. The molecule has 21 heavy (non-hydrogen) atoms. The van der Waals surface area contributed by atoms with Gasteiger partial charge in [0.05, 0.1) is 5.75 Å². The van der Waals surface area contributed by atoms with Gasteiger partial charge in [-0.05, 0) is 42.9 Å². The van der Waals surface area contributed by atoms with Crippen LogP contribution in [0.5, 0.6) is 0 Å². The van der Waals surface area contributed by atoms with E-state index in [4.69, 9.17) is 0 Å². The van der Waals surface area contributed by atoms with E-state index in [1.165, 1.54) is 5.56 Å². The van der Waals surface area contributed by atoms with Gasteiger partial charge in [0, 0.05) is 21.6 Å². The van der Waals surface area contributed by atoms with Crippen LogP contribution in [0.4, 0.5) is 5.69 Å². The van der Waals surface area contributed by atoms with Crippen LogP contribution in [0.3, 0.4) is 0 Å². The predicted molar refractivity (Wildman–Crippen MR) is 92.7 cm³/mol. The molecule has 0 spiro atoms. The molecule has 0 heterocycles. The number of rotatable bonds is 6. The zero-order valence-electron chi connectivity index (χ0n) is 11.7. The van der Waals surface area contributed by atoms with Gasteiger partial charge in [-0.15, -0.1) is 11.8 Å². The van der Waals surface area contributed by atoms with Gasteiger partial charge in [-0.2, -0.15) is 0 Å². The van der Waals surface area contributed by atoms with Gasteiger partial charge in [0.1, 0.15) is 0 Å². The first kappa shape index (κ1) is 16.1. The van der Waals surface area contributed by atoms with Gasteiger partial charge in [-0.25, -0.2) is 0 Å². The number of amides is 1. The van der Waals surface area contributed by atoms with Crippen molar-refractivity contribution in [2.24, 2.45) is 0 Å². The molecule has 0 bridgehead atoms. The SMILES string of the molecule is CNCc1cccc(SCC(=O)Nc2cccc(Br)c2)c1. The number of carbonyl (C=O) groups is 1. The highest BCUT2D eigenvalue weighted by molar-refractivity contribution is 9.10. The van der Waals surface area contributed by atoms with Gasteiger partial charge < -0.3 is 10.6 Å². The minimum atomic E-state index is -0.00267. The summed E-state index contributed by atoms with van der Waals surface area (Å²) < 4.78 is 0.952. The van der Waals surface area contributed by atoms with Crippen molar-refractivity contribution in [3.63, 3.8) is 0 Å². The van der Waals surface area contributed by atoms with Crippen LogP contribution in [-0.4, -0.2) is 18.7 Å². The van der Waals surface area contributed by atoms with Crippen LogP contribution in [0, 0.1) is 0 Å². The number of nitrogens with one attached hydrogen (secondary N) is 2. The molecule has 0 aromatic heterocycles. The Morgan fingerprint density at radius 2 is 2.00 bits per heavy atom. The lowest BCUT2D eigenvalue weighted by Crippen LogP contribution is -2.13. The second kappa shape index (κ2) is 8.22. The van der Waals surface area contributed by atoms with E-state index in [0.29, 0.717) is 5.75 Å². The Labute approximate surface area is 137 Å². The fourth-order valence-electron chi connectivity index (χ4n) is 1.86. The Bertz CT molecular complexity index is 619. The normalized spacial score (nSPS) is 10.4. The van der Waals surface area contributed by atoms with E-state index < -0.39 is 0 Å². The van der Waals surface area contributed by atoms with Crippen LogP contribution in [0.25, 0.3) is 0 Å². The molecule has 0 radical (unpaired) electrons. The van der Waals surface area contributed by atoms with Crippen molar-refractivity contribution in [2.75, 3.05) is 18.1 Å². The quantitative estimate of drug-likeness (QED) is 0.763. The van der Waals surface area contributed by atoms with Crippen molar-refractivity contribution in [3.8, 4) is 0 Å². The van der Waals surface area contributed by atoms with E-state index in [-0.39, 0.29) is 5.91 Å². The van der Waals surface area contributed by atoms with Gasteiger partial charge in [-0.1, -0.05) is 34.1 Å². The molecule has 2 rings (SSSR count). The molecule has 110 valence electrons. The molecule has 0 aliphatic carbocycles. The number of anilines is 1. The van der Waals surface area contributed by atoms with Crippen molar-refractivity contribution in [3.05, 3.63) is 58.6 Å². The van der Waals surface area contributed by atoms with Crippen LogP contribution in [-0.2, 0) is 11.3 Å². The molecular formula is C16H17BrN2OS. The summed E-state index contributed by atoms with van der Waals surface area (Å²) >= 11 is 4.93. The molecule has 5 heteroatoms. The first-order valence-electron chi connectivity index (χ1n) is 6.59. The summed E-state index contributed by atoms with van der Waals surface area (Å²) in [4.78, 5) is 13.1. The third-order valence-corrected chi connectivity index (χ3v) is 4.24. The molecule has 1 amide bonds. The van der Waals surface area contributed by atoms with E-state index in [2.05, 4.69) is 38.7 Å². The summed E-state index contributed by atoms with van der Waals surface area (Å²) in [5, 5.41) is 6.01. The van der Waals surface area contributed by atoms with E-state index >= 15 is 0 Å². The van der Waals surface area contributed by atoms with E-state index in [9.17, 15) is 4.79 Å². The van der Waals surface area contributed by atoms with Crippen LogP contribution in [0.1, 0.15) is 5.56 Å². The van der Waals surface area contributed by atoms with Gasteiger partial charge in [0.2, 0.25) is 5.91 Å². The maximum Gasteiger partial charge on any atom is 0.234 e. The number of hydrogen-bond acceptors (Lipinski definition) is 3. The van der Waals surface area contributed by atoms with Crippen molar-refractivity contribution >= 4 is 39.3 Å². The largest absolute Gasteiger partial charge is 0.325 e. The second-order valence-electron chi connectivity index (χ2n) is 4.52. The van der Waals surface area contributed by atoms with Crippen molar-refractivity contribution in [1.82, 2.24) is 5.32 Å². The fraction of sp³-hybridized carbons (Fsp3) is 0.188. The minimum Gasteiger partial charge on any atom is -0.325 e. The fourth-order valence-corrected chi connectivity index (χ4v) is 3.04. The van der Waals surface area contributed by atoms with E-state index in [1.807, 2.05) is 43.4 Å². The van der Waals surface area contributed by atoms with Crippen molar-refractivity contribution in [1.29, 1.82) is 0 Å². The average Bonchev–Trinajstić information content (AvgIpc) is 2.46. The Morgan fingerprint density at radius 3 is 2.76 bits per heavy atom. The number of benzene rings is 2. The van der Waals surface area contributed by atoms with Crippen molar-refractivity contribution < 1.29 is 4.79 Å². The summed E-state index contributed by atoms with van der Waals surface area (Å²) in [5.74, 6) is 0.396. The van der Waals surface area contributed by atoms with Crippen LogP contribution in [0.2, 0.25) is 0 Å². The maximum absolute atomic E-state index is 11.9. The molecule has 0 saturated carbocycles. The van der Waals surface area contributed by atoms with Crippen LogP contribution < -0.4 is 10.6 Å². The third kappa shape index (κ3) is 5.53. The smallest absolute Gasteiger partial charge is 0.234 e. The van der Waals surface area contributed by atoms with E-state index in [0.717, 1.165) is 21.6 Å². The molecule has 0 aliphatic rings. The molecule has 0 fully saturated rings. The summed E-state index contributed by atoms with van der Waals surface area (Å²) in [6.07, 6.45) is 0. The van der Waals surface area contributed by atoms with Crippen LogP contribution >= 0.6 is 27.7 Å². The highest BCUT2D eigenvalue weighted by Crippen LogP contribution is 2.20. The number of carbonyl (C=O) groups excluding carboxylic acids is 1. The summed E-state index contributed by atoms with van der Waals surface area (Å²) in [6.45, 7) is 0.832. The number of halogens is 1. The standard InChI is InChI=1S/C16H17BrN2OS/c1-18-10-12-4-2-7-15(8-12)21-11-16(20)19-14-6-3-5-13(17)9-14/h2-9,18H,10-11H2,1H3,(H,19,20). The molecule has 0 atom stereocenters. The highest BCUT2D eigenvalue weighted by atomic mass is 79.9.